The van der Waals surface area contributed by atoms with Crippen molar-refractivity contribution >= 4 is 10.0 Å². The maximum absolute atomic E-state index is 12.2. The molecule has 1 aromatic heterocycles. The number of H-pyrrole nitrogens is 1. The minimum absolute atomic E-state index is 0.0954. The van der Waals surface area contributed by atoms with E-state index in [1.165, 1.54) is 6.07 Å². The van der Waals surface area contributed by atoms with Gasteiger partial charge in [0, 0.05) is 12.4 Å². The Morgan fingerprint density at radius 1 is 1.42 bits per heavy atom. The molecule has 0 saturated carbocycles. The van der Waals surface area contributed by atoms with Gasteiger partial charge in [0.2, 0.25) is 10.0 Å². The van der Waals surface area contributed by atoms with Crippen LogP contribution in [0.2, 0.25) is 0 Å². The SMILES string of the molecule is Cc1c(CO)cccc1S(=O)(=O)NCc1ncc[nH]1. The summed E-state index contributed by atoms with van der Waals surface area (Å²) in [5.74, 6) is 0.541. The van der Waals surface area contributed by atoms with Crippen LogP contribution in [0.5, 0.6) is 0 Å². The van der Waals surface area contributed by atoms with Crippen LogP contribution < -0.4 is 4.72 Å². The molecular weight excluding hydrogens is 266 g/mol. The van der Waals surface area contributed by atoms with Crippen LogP contribution >= 0.6 is 0 Å². The van der Waals surface area contributed by atoms with Gasteiger partial charge >= 0.3 is 0 Å². The summed E-state index contributed by atoms with van der Waals surface area (Å²) in [5.41, 5.74) is 1.15. The molecule has 7 heteroatoms. The minimum Gasteiger partial charge on any atom is -0.392 e. The summed E-state index contributed by atoms with van der Waals surface area (Å²) in [6.07, 6.45) is 3.18. The quantitative estimate of drug-likeness (QED) is 0.751. The molecule has 6 nitrogen and oxygen atoms in total. The molecule has 0 aliphatic heterocycles. The van der Waals surface area contributed by atoms with Crippen LogP contribution in [0.25, 0.3) is 0 Å². The van der Waals surface area contributed by atoms with E-state index in [0.29, 0.717) is 17.0 Å². The predicted octanol–water partition coefficient (Wildman–Crippen LogP) is 0.689. The zero-order chi connectivity index (χ0) is 13.9. The van der Waals surface area contributed by atoms with E-state index in [4.69, 9.17) is 5.11 Å². The van der Waals surface area contributed by atoms with Gasteiger partial charge in [-0.25, -0.2) is 18.1 Å². The molecule has 19 heavy (non-hydrogen) atoms. The van der Waals surface area contributed by atoms with Gasteiger partial charge in [-0.05, 0) is 24.1 Å². The van der Waals surface area contributed by atoms with Crippen LogP contribution in [0.15, 0.2) is 35.5 Å². The number of hydrogen-bond donors (Lipinski definition) is 3. The monoisotopic (exact) mass is 281 g/mol. The first-order chi connectivity index (χ1) is 9.04. The van der Waals surface area contributed by atoms with Crippen molar-refractivity contribution in [3.05, 3.63) is 47.5 Å². The number of nitrogens with zero attached hydrogens (tertiary/aromatic N) is 1. The molecule has 1 heterocycles. The second-order valence-electron chi connectivity index (χ2n) is 4.06. The molecule has 0 aliphatic carbocycles. The lowest BCUT2D eigenvalue weighted by molar-refractivity contribution is 0.280. The zero-order valence-corrected chi connectivity index (χ0v) is 11.2. The van der Waals surface area contributed by atoms with Crippen LogP contribution in [-0.2, 0) is 23.2 Å². The lowest BCUT2D eigenvalue weighted by Gasteiger charge is -2.11. The number of sulfonamides is 1. The van der Waals surface area contributed by atoms with Crippen LogP contribution in [0.3, 0.4) is 0 Å². The first-order valence-corrected chi connectivity index (χ1v) is 7.20. The molecule has 0 atom stereocenters. The van der Waals surface area contributed by atoms with E-state index in [0.717, 1.165) is 0 Å². The van der Waals surface area contributed by atoms with Gasteiger partial charge in [0.1, 0.15) is 5.82 Å². The normalized spacial score (nSPS) is 11.7. The van der Waals surface area contributed by atoms with Gasteiger partial charge in [-0.3, -0.25) is 0 Å². The fourth-order valence-corrected chi connectivity index (χ4v) is 3.03. The standard InChI is InChI=1S/C12H15N3O3S/c1-9-10(8-16)3-2-4-11(9)19(17,18)15-7-12-13-5-6-14-12/h2-6,15-16H,7-8H2,1H3,(H,13,14). The Bertz CT molecular complexity index is 651. The largest absolute Gasteiger partial charge is 0.392 e. The number of imidazole rings is 1. The summed E-state index contributed by atoms with van der Waals surface area (Å²) < 4.78 is 26.8. The van der Waals surface area contributed by atoms with Crippen molar-refractivity contribution in [2.24, 2.45) is 0 Å². The van der Waals surface area contributed by atoms with E-state index in [-0.39, 0.29) is 18.0 Å². The average Bonchev–Trinajstić information content (AvgIpc) is 2.90. The lowest BCUT2D eigenvalue weighted by Crippen LogP contribution is -2.24. The highest BCUT2D eigenvalue weighted by molar-refractivity contribution is 7.89. The van der Waals surface area contributed by atoms with E-state index in [1.54, 1.807) is 31.5 Å². The summed E-state index contributed by atoms with van der Waals surface area (Å²) in [7, 11) is -3.62. The van der Waals surface area contributed by atoms with E-state index in [2.05, 4.69) is 14.7 Å². The number of nitrogens with one attached hydrogen (secondary N) is 2. The molecule has 0 bridgehead atoms. The first kappa shape index (κ1) is 13.7. The number of aliphatic hydroxyl groups excluding tert-OH is 1. The zero-order valence-electron chi connectivity index (χ0n) is 10.4. The fraction of sp³-hybridized carbons (Fsp3) is 0.250. The Hall–Kier alpha value is -1.70. The second kappa shape index (κ2) is 5.52. The van der Waals surface area contributed by atoms with Crippen molar-refractivity contribution in [3.63, 3.8) is 0 Å². The van der Waals surface area contributed by atoms with Gasteiger partial charge < -0.3 is 10.1 Å². The van der Waals surface area contributed by atoms with Crippen LogP contribution in [0, 0.1) is 6.92 Å². The van der Waals surface area contributed by atoms with Crippen molar-refractivity contribution in [2.75, 3.05) is 0 Å². The number of benzene rings is 1. The van der Waals surface area contributed by atoms with E-state index < -0.39 is 10.0 Å². The number of aromatic nitrogens is 2. The Balaban J connectivity index is 2.24. The topological polar surface area (TPSA) is 95.1 Å². The maximum atomic E-state index is 12.2. The van der Waals surface area contributed by atoms with Gasteiger partial charge in [-0.2, -0.15) is 0 Å². The van der Waals surface area contributed by atoms with Gasteiger partial charge in [0.15, 0.2) is 0 Å². The summed E-state index contributed by atoms with van der Waals surface area (Å²) in [6, 6.07) is 4.82. The molecule has 0 spiro atoms. The third kappa shape index (κ3) is 3.01. The van der Waals surface area contributed by atoms with Crippen molar-refractivity contribution in [3.8, 4) is 0 Å². The van der Waals surface area contributed by atoms with Gasteiger partial charge in [0.25, 0.3) is 0 Å². The number of aliphatic hydroxyl groups is 1. The molecule has 0 saturated heterocycles. The lowest BCUT2D eigenvalue weighted by atomic mass is 10.1. The van der Waals surface area contributed by atoms with Crippen molar-refractivity contribution < 1.29 is 13.5 Å². The Labute approximate surface area is 111 Å². The van der Waals surface area contributed by atoms with Gasteiger partial charge in [0.05, 0.1) is 18.0 Å². The summed E-state index contributed by atoms with van der Waals surface area (Å²) >= 11 is 0. The average molecular weight is 281 g/mol. The first-order valence-electron chi connectivity index (χ1n) is 5.72. The van der Waals surface area contributed by atoms with E-state index in [9.17, 15) is 8.42 Å². The number of hydrogen-bond acceptors (Lipinski definition) is 4. The smallest absolute Gasteiger partial charge is 0.241 e. The van der Waals surface area contributed by atoms with Gasteiger partial charge in [-0.1, -0.05) is 12.1 Å². The molecule has 0 fully saturated rings. The maximum Gasteiger partial charge on any atom is 0.241 e. The number of aromatic amines is 1. The van der Waals surface area contributed by atoms with E-state index >= 15 is 0 Å². The molecule has 2 rings (SSSR count). The molecular formula is C12H15N3O3S. The fourth-order valence-electron chi connectivity index (χ4n) is 1.76. The predicted molar refractivity (Wildman–Crippen MR) is 69.7 cm³/mol. The molecule has 0 radical (unpaired) electrons. The molecule has 0 aliphatic rings. The minimum atomic E-state index is -3.62. The van der Waals surface area contributed by atoms with Crippen LogP contribution in [0.1, 0.15) is 17.0 Å². The van der Waals surface area contributed by atoms with Crippen LogP contribution in [-0.4, -0.2) is 23.5 Å². The highest BCUT2D eigenvalue weighted by Gasteiger charge is 2.18. The van der Waals surface area contributed by atoms with Crippen molar-refractivity contribution in [1.82, 2.24) is 14.7 Å². The molecule has 1 aromatic carbocycles. The second-order valence-corrected chi connectivity index (χ2v) is 5.79. The number of rotatable bonds is 5. The summed E-state index contributed by atoms with van der Waals surface area (Å²) in [6.45, 7) is 1.58. The molecule has 2 aromatic rings. The molecule has 0 unspecified atom stereocenters. The molecule has 3 N–H and O–H groups in total. The van der Waals surface area contributed by atoms with Gasteiger partial charge in [-0.15, -0.1) is 0 Å². The molecule has 102 valence electrons. The Morgan fingerprint density at radius 2 is 2.21 bits per heavy atom. The third-order valence-corrected chi connectivity index (χ3v) is 4.39. The van der Waals surface area contributed by atoms with Crippen molar-refractivity contribution in [1.29, 1.82) is 0 Å². The van der Waals surface area contributed by atoms with Crippen LogP contribution in [0.4, 0.5) is 0 Å². The Morgan fingerprint density at radius 3 is 2.84 bits per heavy atom. The highest BCUT2D eigenvalue weighted by atomic mass is 32.2. The Kier molecular flexibility index (Phi) is 3.98. The van der Waals surface area contributed by atoms with E-state index in [1.807, 2.05) is 0 Å². The summed E-state index contributed by atoms with van der Waals surface area (Å²) in [5, 5.41) is 9.16. The highest BCUT2D eigenvalue weighted by Crippen LogP contribution is 2.18. The third-order valence-electron chi connectivity index (χ3n) is 2.84. The molecule has 0 amide bonds. The summed E-state index contributed by atoms with van der Waals surface area (Å²) in [4.78, 5) is 6.94. The van der Waals surface area contributed by atoms with Crippen molar-refractivity contribution in [2.45, 2.75) is 25.0 Å².